The van der Waals surface area contributed by atoms with Crippen LogP contribution in [0.2, 0.25) is 0 Å². The fourth-order valence-electron chi connectivity index (χ4n) is 2.93. The van der Waals surface area contributed by atoms with E-state index in [1.807, 2.05) is 46.0 Å². The minimum absolute atomic E-state index is 0.0374. The fraction of sp³-hybridized carbons (Fsp3) is 0.278. The van der Waals surface area contributed by atoms with E-state index in [4.69, 9.17) is 0 Å². The van der Waals surface area contributed by atoms with E-state index >= 15 is 0 Å². The van der Waals surface area contributed by atoms with Crippen molar-refractivity contribution in [3.05, 3.63) is 53.0 Å². The van der Waals surface area contributed by atoms with Gasteiger partial charge in [0.2, 0.25) is 0 Å². The van der Waals surface area contributed by atoms with Crippen molar-refractivity contribution in [3.8, 4) is 9.88 Å². The maximum absolute atomic E-state index is 12.7. The molecule has 25 heavy (non-hydrogen) atoms. The zero-order chi connectivity index (χ0) is 17.1. The third-order valence-electron chi connectivity index (χ3n) is 4.25. The first-order valence-corrected chi connectivity index (χ1v) is 10.0. The summed E-state index contributed by atoms with van der Waals surface area (Å²) in [5.74, 6) is 0.933. The van der Waals surface area contributed by atoms with Gasteiger partial charge in [-0.15, -0.1) is 22.7 Å². The second kappa shape index (κ2) is 7.33. The first-order chi connectivity index (χ1) is 12.3. The molecule has 1 amide bonds. The number of thiophene rings is 1. The lowest BCUT2D eigenvalue weighted by molar-refractivity contribution is 0.0713. The SMILES string of the molecule is O=C(c1csc(-c2cccs2)n1)N1CCC(Nc2ccccn2)CC1. The minimum atomic E-state index is 0.0374. The molecule has 5 nitrogen and oxygen atoms in total. The quantitative estimate of drug-likeness (QED) is 0.755. The molecule has 1 aliphatic rings. The number of nitrogens with one attached hydrogen (secondary N) is 1. The van der Waals surface area contributed by atoms with Gasteiger partial charge in [-0.05, 0) is 36.4 Å². The van der Waals surface area contributed by atoms with Crippen molar-refractivity contribution in [1.29, 1.82) is 0 Å². The van der Waals surface area contributed by atoms with Gasteiger partial charge in [0.1, 0.15) is 16.5 Å². The number of rotatable bonds is 4. The number of piperidine rings is 1. The lowest BCUT2D eigenvalue weighted by Crippen LogP contribution is -2.42. The standard InChI is InChI=1S/C18H18N4OS2/c23-18(14-12-25-17(21-14)15-4-3-11-24-15)22-9-6-13(7-10-22)20-16-5-1-2-8-19-16/h1-5,8,11-13H,6-7,9-10H2,(H,19,20). The van der Waals surface area contributed by atoms with Gasteiger partial charge in [0.25, 0.3) is 5.91 Å². The summed E-state index contributed by atoms with van der Waals surface area (Å²) in [5, 5.41) is 8.26. The van der Waals surface area contributed by atoms with E-state index in [1.54, 1.807) is 17.5 Å². The maximum Gasteiger partial charge on any atom is 0.273 e. The number of anilines is 1. The number of carbonyl (C=O) groups excluding carboxylic acids is 1. The summed E-state index contributed by atoms with van der Waals surface area (Å²) >= 11 is 3.18. The monoisotopic (exact) mass is 370 g/mol. The maximum atomic E-state index is 12.7. The number of likely N-dealkylation sites (tertiary alicyclic amines) is 1. The van der Waals surface area contributed by atoms with Crippen molar-refractivity contribution in [3.63, 3.8) is 0 Å². The van der Waals surface area contributed by atoms with E-state index in [2.05, 4.69) is 15.3 Å². The van der Waals surface area contributed by atoms with E-state index in [0.29, 0.717) is 11.7 Å². The molecule has 0 atom stereocenters. The van der Waals surface area contributed by atoms with E-state index in [9.17, 15) is 4.79 Å². The highest BCUT2D eigenvalue weighted by molar-refractivity contribution is 7.20. The summed E-state index contributed by atoms with van der Waals surface area (Å²) in [6.07, 6.45) is 3.63. The molecule has 3 aromatic rings. The van der Waals surface area contributed by atoms with Crippen LogP contribution in [0, 0.1) is 0 Å². The summed E-state index contributed by atoms with van der Waals surface area (Å²) in [4.78, 5) is 24.5. The first kappa shape index (κ1) is 16.2. The molecule has 0 spiro atoms. The van der Waals surface area contributed by atoms with Crippen LogP contribution in [0.3, 0.4) is 0 Å². The molecule has 0 saturated carbocycles. The summed E-state index contributed by atoms with van der Waals surface area (Å²) < 4.78 is 0. The van der Waals surface area contributed by atoms with E-state index in [-0.39, 0.29) is 5.91 Å². The van der Waals surface area contributed by atoms with Gasteiger partial charge in [0.15, 0.2) is 0 Å². The molecule has 128 valence electrons. The third kappa shape index (κ3) is 3.72. The molecule has 3 aromatic heterocycles. The Morgan fingerprint density at radius 1 is 1.16 bits per heavy atom. The summed E-state index contributed by atoms with van der Waals surface area (Å²) in [6, 6.07) is 10.2. The number of hydrogen-bond donors (Lipinski definition) is 1. The Kier molecular flexibility index (Phi) is 4.76. The Bertz CT molecular complexity index is 824. The molecule has 1 saturated heterocycles. The van der Waals surface area contributed by atoms with Gasteiger partial charge < -0.3 is 10.2 Å². The number of pyridine rings is 1. The van der Waals surface area contributed by atoms with Crippen molar-refractivity contribution < 1.29 is 4.79 Å². The number of nitrogens with zero attached hydrogens (tertiary/aromatic N) is 3. The van der Waals surface area contributed by atoms with Gasteiger partial charge in [0.05, 0.1) is 4.88 Å². The molecule has 0 bridgehead atoms. The summed E-state index contributed by atoms with van der Waals surface area (Å²) in [5.41, 5.74) is 0.560. The van der Waals surface area contributed by atoms with Crippen LogP contribution in [0.1, 0.15) is 23.3 Å². The molecule has 7 heteroatoms. The van der Waals surface area contributed by atoms with Crippen LogP contribution in [0.4, 0.5) is 5.82 Å². The van der Waals surface area contributed by atoms with Gasteiger partial charge in [0, 0.05) is 30.7 Å². The minimum Gasteiger partial charge on any atom is -0.367 e. The molecule has 0 aromatic carbocycles. The second-order valence-electron chi connectivity index (χ2n) is 5.94. The topological polar surface area (TPSA) is 58.1 Å². The predicted molar refractivity (Wildman–Crippen MR) is 102 cm³/mol. The summed E-state index contributed by atoms with van der Waals surface area (Å²) in [7, 11) is 0. The molecule has 0 aliphatic carbocycles. The molecule has 4 rings (SSSR count). The summed E-state index contributed by atoms with van der Waals surface area (Å²) in [6.45, 7) is 1.49. The average molecular weight is 371 g/mol. The molecular weight excluding hydrogens is 352 g/mol. The van der Waals surface area contributed by atoms with Crippen molar-refractivity contribution in [2.75, 3.05) is 18.4 Å². The predicted octanol–water partition coefficient (Wildman–Crippen LogP) is 3.98. The molecule has 4 heterocycles. The van der Waals surface area contributed by atoms with Crippen LogP contribution in [-0.2, 0) is 0 Å². The van der Waals surface area contributed by atoms with Crippen LogP contribution < -0.4 is 5.32 Å². The third-order valence-corrected chi connectivity index (χ3v) is 6.14. The molecule has 1 fully saturated rings. The number of aromatic nitrogens is 2. The zero-order valence-electron chi connectivity index (χ0n) is 13.6. The Labute approximate surface area is 154 Å². The van der Waals surface area contributed by atoms with Gasteiger partial charge in [-0.1, -0.05) is 12.1 Å². The second-order valence-corrected chi connectivity index (χ2v) is 7.75. The number of carbonyl (C=O) groups is 1. The molecule has 0 radical (unpaired) electrons. The smallest absolute Gasteiger partial charge is 0.273 e. The fourth-order valence-corrected chi connectivity index (χ4v) is 4.54. The van der Waals surface area contributed by atoms with Crippen molar-refractivity contribution in [1.82, 2.24) is 14.9 Å². The normalized spacial score (nSPS) is 15.3. The van der Waals surface area contributed by atoms with Crippen LogP contribution in [-0.4, -0.2) is 39.9 Å². The first-order valence-electron chi connectivity index (χ1n) is 8.26. The highest BCUT2D eigenvalue weighted by atomic mass is 32.1. The Balaban J connectivity index is 1.35. The number of amides is 1. The van der Waals surface area contributed by atoms with Gasteiger partial charge >= 0.3 is 0 Å². The van der Waals surface area contributed by atoms with Gasteiger partial charge in [-0.2, -0.15) is 0 Å². The van der Waals surface area contributed by atoms with Crippen LogP contribution in [0.25, 0.3) is 9.88 Å². The molecular formula is C18H18N4OS2. The van der Waals surface area contributed by atoms with Crippen LogP contribution in [0.5, 0.6) is 0 Å². The van der Waals surface area contributed by atoms with Gasteiger partial charge in [-0.25, -0.2) is 9.97 Å². The Morgan fingerprint density at radius 3 is 2.76 bits per heavy atom. The average Bonchev–Trinajstić information content (AvgIpc) is 3.34. The highest BCUT2D eigenvalue weighted by Crippen LogP contribution is 2.28. The van der Waals surface area contributed by atoms with E-state index in [1.165, 1.54) is 11.3 Å². The largest absolute Gasteiger partial charge is 0.367 e. The Morgan fingerprint density at radius 2 is 2.04 bits per heavy atom. The number of thiazole rings is 1. The molecule has 1 N–H and O–H groups in total. The number of hydrogen-bond acceptors (Lipinski definition) is 6. The lowest BCUT2D eigenvalue weighted by Gasteiger charge is -2.32. The van der Waals surface area contributed by atoms with Crippen LogP contribution in [0.15, 0.2) is 47.3 Å². The van der Waals surface area contributed by atoms with Crippen molar-refractivity contribution in [2.45, 2.75) is 18.9 Å². The van der Waals surface area contributed by atoms with Crippen molar-refractivity contribution >= 4 is 34.4 Å². The van der Waals surface area contributed by atoms with E-state index in [0.717, 1.165) is 41.6 Å². The molecule has 1 aliphatic heterocycles. The highest BCUT2D eigenvalue weighted by Gasteiger charge is 2.25. The lowest BCUT2D eigenvalue weighted by atomic mass is 10.0. The molecule has 0 unspecified atom stereocenters. The Hall–Kier alpha value is -2.25. The van der Waals surface area contributed by atoms with Crippen molar-refractivity contribution in [2.24, 2.45) is 0 Å². The van der Waals surface area contributed by atoms with Crippen LogP contribution >= 0.6 is 22.7 Å². The van der Waals surface area contributed by atoms with Gasteiger partial charge in [-0.3, -0.25) is 4.79 Å². The van der Waals surface area contributed by atoms with E-state index < -0.39 is 0 Å². The zero-order valence-corrected chi connectivity index (χ0v) is 15.2.